The number of aromatic nitrogens is 2. The predicted molar refractivity (Wildman–Crippen MR) is 88.2 cm³/mol. The fourth-order valence-corrected chi connectivity index (χ4v) is 4.45. The third kappa shape index (κ3) is 3.12. The van der Waals surface area contributed by atoms with Crippen molar-refractivity contribution in [3.8, 4) is 0 Å². The van der Waals surface area contributed by atoms with Gasteiger partial charge in [-0.05, 0) is 43.6 Å². The molecule has 6 heteroatoms. The second kappa shape index (κ2) is 6.34. The maximum absolute atomic E-state index is 12.6. The topological polar surface area (TPSA) is 61.4 Å². The molecule has 1 saturated heterocycles. The van der Waals surface area contributed by atoms with Gasteiger partial charge >= 0.3 is 6.03 Å². The van der Waals surface area contributed by atoms with Gasteiger partial charge in [0.25, 0.3) is 0 Å². The molecule has 23 heavy (non-hydrogen) atoms. The standard InChI is InChI=1S/C17H25N5O/c23-17(20-15-12-13-3-4-14(15)11-13)22-8-2-7-21(9-10-22)16-18-5-1-6-19-16/h1,5-6,13-15H,2-4,7-12H2,(H,20,23)/t13-,14+,15+/m0/s1. The van der Waals surface area contributed by atoms with Crippen molar-refractivity contribution in [3.05, 3.63) is 18.5 Å². The Morgan fingerprint density at radius 2 is 1.96 bits per heavy atom. The summed E-state index contributed by atoms with van der Waals surface area (Å²) in [6, 6.07) is 2.37. The average molecular weight is 315 g/mol. The quantitative estimate of drug-likeness (QED) is 0.905. The van der Waals surface area contributed by atoms with Crippen molar-refractivity contribution >= 4 is 12.0 Å². The Morgan fingerprint density at radius 3 is 2.70 bits per heavy atom. The van der Waals surface area contributed by atoms with Crippen LogP contribution in [0.15, 0.2) is 18.5 Å². The highest BCUT2D eigenvalue weighted by Crippen LogP contribution is 2.44. The Kier molecular flexibility index (Phi) is 4.06. The minimum Gasteiger partial charge on any atom is -0.339 e. The fraction of sp³-hybridized carbons (Fsp3) is 0.706. The molecule has 2 amide bonds. The van der Waals surface area contributed by atoms with Gasteiger partial charge in [-0.1, -0.05) is 6.42 Å². The zero-order valence-corrected chi connectivity index (χ0v) is 13.5. The lowest BCUT2D eigenvalue weighted by Crippen LogP contribution is -2.47. The summed E-state index contributed by atoms with van der Waals surface area (Å²) in [6.07, 6.45) is 9.68. The van der Waals surface area contributed by atoms with Gasteiger partial charge in [0, 0.05) is 44.6 Å². The van der Waals surface area contributed by atoms with Crippen LogP contribution >= 0.6 is 0 Å². The summed E-state index contributed by atoms with van der Waals surface area (Å²) in [5, 5.41) is 3.30. The van der Waals surface area contributed by atoms with Gasteiger partial charge in [0.2, 0.25) is 5.95 Å². The lowest BCUT2D eigenvalue weighted by atomic mass is 9.95. The summed E-state index contributed by atoms with van der Waals surface area (Å²) in [4.78, 5) is 25.4. The van der Waals surface area contributed by atoms with Crippen LogP contribution < -0.4 is 10.2 Å². The number of hydrogen-bond donors (Lipinski definition) is 1. The lowest BCUT2D eigenvalue weighted by Gasteiger charge is -2.28. The van der Waals surface area contributed by atoms with Crippen LogP contribution in [0.3, 0.4) is 0 Å². The van der Waals surface area contributed by atoms with Crippen molar-refractivity contribution in [1.29, 1.82) is 0 Å². The van der Waals surface area contributed by atoms with Crippen LogP contribution in [0.2, 0.25) is 0 Å². The van der Waals surface area contributed by atoms with Crippen LogP contribution in [0, 0.1) is 11.8 Å². The number of fused-ring (bicyclic) bond motifs is 2. The average Bonchev–Trinajstić information content (AvgIpc) is 3.10. The summed E-state index contributed by atoms with van der Waals surface area (Å²) in [5.74, 6) is 2.35. The van der Waals surface area contributed by atoms with Crippen molar-refractivity contribution < 1.29 is 4.79 Å². The molecule has 0 radical (unpaired) electrons. The maximum Gasteiger partial charge on any atom is 0.317 e. The highest BCUT2D eigenvalue weighted by molar-refractivity contribution is 5.74. The Labute approximate surface area is 137 Å². The molecule has 6 nitrogen and oxygen atoms in total. The molecule has 1 aromatic heterocycles. The second-order valence-corrected chi connectivity index (χ2v) is 7.11. The van der Waals surface area contributed by atoms with E-state index in [2.05, 4.69) is 20.2 Å². The predicted octanol–water partition coefficient (Wildman–Crippen LogP) is 1.89. The number of nitrogens with one attached hydrogen (secondary N) is 1. The molecule has 2 saturated carbocycles. The van der Waals surface area contributed by atoms with E-state index in [1.807, 2.05) is 11.0 Å². The van der Waals surface area contributed by atoms with Gasteiger partial charge in [-0.15, -0.1) is 0 Å². The fourth-order valence-electron chi connectivity index (χ4n) is 4.45. The lowest BCUT2D eigenvalue weighted by molar-refractivity contribution is 0.191. The largest absolute Gasteiger partial charge is 0.339 e. The van der Waals surface area contributed by atoms with E-state index in [1.165, 1.54) is 25.7 Å². The molecular weight excluding hydrogens is 290 g/mol. The van der Waals surface area contributed by atoms with E-state index in [9.17, 15) is 4.79 Å². The van der Waals surface area contributed by atoms with Crippen LogP contribution in [0.5, 0.6) is 0 Å². The van der Waals surface area contributed by atoms with Crippen LogP contribution in [0.1, 0.15) is 32.1 Å². The molecule has 3 atom stereocenters. The number of rotatable bonds is 2. The Morgan fingerprint density at radius 1 is 1.09 bits per heavy atom. The summed E-state index contributed by atoms with van der Waals surface area (Å²) in [5.41, 5.74) is 0. The third-order valence-electron chi connectivity index (χ3n) is 5.67. The first-order valence-electron chi connectivity index (χ1n) is 8.87. The number of hydrogen-bond acceptors (Lipinski definition) is 4. The van der Waals surface area contributed by atoms with Gasteiger partial charge in [0.05, 0.1) is 0 Å². The molecule has 0 aromatic carbocycles. The molecule has 3 fully saturated rings. The van der Waals surface area contributed by atoms with Crippen LogP contribution in [0.4, 0.5) is 10.7 Å². The van der Waals surface area contributed by atoms with E-state index < -0.39 is 0 Å². The van der Waals surface area contributed by atoms with Gasteiger partial charge in [-0.3, -0.25) is 0 Å². The molecule has 124 valence electrons. The first kappa shape index (κ1) is 14.7. The highest BCUT2D eigenvalue weighted by atomic mass is 16.2. The van der Waals surface area contributed by atoms with Gasteiger partial charge in [-0.2, -0.15) is 0 Å². The molecule has 2 aliphatic carbocycles. The van der Waals surface area contributed by atoms with E-state index >= 15 is 0 Å². The third-order valence-corrected chi connectivity index (χ3v) is 5.67. The van der Waals surface area contributed by atoms with Crippen molar-refractivity contribution in [1.82, 2.24) is 20.2 Å². The number of carbonyl (C=O) groups excluding carboxylic acids is 1. The zero-order valence-electron chi connectivity index (χ0n) is 13.5. The number of carbonyl (C=O) groups is 1. The van der Waals surface area contributed by atoms with E-state index in [4.69, 9.17) is 0 Å². The molecule has 1 aromatic rings. The molecular formula is C17H25N5O. The minimum atomic E-state index is 0.124. The molecule has 3 aliphatic rings. The van der Waals surface area contributed by atoms with E-state index in [1.54, 1.807) is 12.4 Å². The molecule has 2 heterocycles. The summed E-state index contributed by atoms with van der Waals surface area (Å²) < 4.78 is 0. The second-order valence-electron chi connectivity index (χ2n) is 7.11. The first-order chi connectivity index (χ1) is 11.3. The van der Waals surface area contributed by atoms with Crippen molar-refractivity contribution in [2.75, 3.05) is 31.1 Å². The molecule has 2 bridgehead atoms. The van der Waals surface area contributed by atoms with Gasteiger partial charge in [0.1, 0.15) is 0 Å². The normalized spacial score (nSPS) is 30.3. The van der Waals surface area contributed by atoms with Gasteiger partial charge in [-0.25, -0.2) is 14.8 Å². The van der Waals surface area contributed by atoms with Crippen LogP contribution in [0.25, 0.3) is 0 Å². The van der Waals surface area contributed by atoms with E-state index in [-0.39, 0.29) is 6.03 Å². The minimum absolute atomic E-state index is 0.124. The van der Waals surface area contributed by atoms with Crippen molar-refractivity contribution in [2.24, 2.45) is 11.8 Å². The maximum atomic E-state index is 12.6. The molecule has 1 aliphatic heterocycles. The molecule has 1 N–H and O–H groups in total. The smallest absolute Gasteiger partial charge is 0.317 e. The summed E-state index contributed by atoms with van der Waals surface area (Å²) >= 11 is 0. The Bertz CT molecular complexity index is 551. The molecule has 4 rings (SSSR count). The number of amides is 2. The molecule has 0 spiro atoms. The SMILES string of the molecule is O=C(N[C@@H]1C[C@H]2CC[C@@H]1C2)N1CCCN(c2ncccn2)CC1. The Hall–Kier alpha value is -1.85. The van der Waals surface area contributed by atoms with Gasteiger partial charge < -0.3 is 15.1 Å². The van der Waals surface area contributed by atoms with Crippen LogP contribution in [-0.2, 0) is 0 Å². The van der Waals surface area contributed by atoms with E-state index in [0.717, 1.165) is 50.4 Å². The first-order valence-corrected chi connectivity index (χ1v) is 8.87. The van der Waals surface area contributed by atoms with Gasteiger partial charge in [0.15, 0.2) is 0 Å². The summed E-state index contributed by atoms with van der Waals surface area (Å²) in [6.45, 7) is 3.26. The van der Waals surface area contributed by atoms with Crippen LogP contribution in [-0.4, -0.2) is 53.1 Å². The number of anilines is 1. The highest BCUT2D eigenvalue weighted by Gasteiger charge is 2.40. The molecule has 0 unspecified atom stereocenters. The Balaban J connectivity index is 1.32. The monoisotopic (exact) mass is 315 g/mol. The van der Waals surface area contributed by atoms with E-state index in [0.29, 0.717) is 6.04 Å². The number of urea groups is 1. The summed E-state index contributed by atoms with van der Waals surface area (Å²) in [7, 11) is 0. The van der Waals surface area contributed by atoms with Crippen molar-refractivity contribution in [2.45, 2.75) is 38.1 Å². The zero-order chi connectivity index (χ0) is 15.6. The number of nitrogens with zero attached hydrogens (tertiary/aromatic N) is 4. The van der Waals surface area contributed by atoms with Crippen molar-refractivity contribution in [3.63, 3.8) is 0 Å².